The summed E-state index contributed by atoms with van der Waals surface area (Å²) >= 11 is 5.88. The van der Waals surface area contributed by atoms with Gasteiger partial charge in [0.25, 0.3) is 0 Å². The highest BCUT2D eigenvalue weighted by Crippen LogP contribution is 2.30. The number of hydrogen-bond acceptors (Lipinski definition) is 3. The van der Waals surface area contributed by atoms with E-state index in [1.807, 2.05) is 12.1 Å². The van der Waals surface area contributed by atoms with Crippen LogP contribution >= 0.6 is 11.6 Å². The molecule has 2 rings (SSSR count). The van der Waals surface area contributed by atoms with Gasteiger partial charge in [-0.25, -0.2) is 0 Å². The van der Waals surface area contributed by atoms with Gasteiger partial charge in [-0.05, 0) is 43.0 Å². The van der Waals surface area contributed by atoms with Crippen molar-refractivity contribution >= 4 is 11.6 Å². The monoisotopic (exact) mass is 297 g/mol. The Kier molecular flexibility index (Phi) is 6.14. The average Bonchev–Trinajstić information content (AvgIpc) is 2.82. The second kappa shape index (κ2) is 7.87. The third kappa shape index (κ3) is 4.97. The van der Waals surface area contributed by atoms with E-state index in [-0.39, 0.29) is 6.61 Å². The van der Waals surface area contributed by atoms with E-state index in [0.717, 1.165) is 18.4 Å². The molecule has 4 heteroatoms. The first-order chi connectivity index (χ1) is 9.65. The van der Waals surface area contributed by atoms with Crippen LogP contribution in [0.25, 0.3) is 0 Å². The van der Waals surface area contributed by atoms with Crippen molar-refractivity contribution < 1.29 is 9.84 Å². The number of ether oxygens (including phenoxy) is 1. The van der Waals surface area contributed by atoms with Crippen LogP contribution in [-0.2, 0) is 0 Å². The van der Waals surface area contributed by atoms with Crippen molar-refractivity contribution in [3.8, 4) is 5.75 Å². The van der Waals surface area contributed by atoms with Gasteiger partial charge in [0.15, 0.2) is 0 Å². The van der Waals surface area contributed by atoms with Crippen LogP contribution in [-0.4, -0.2) is 30.9 Å². The number of nitrogens with one attached hydrogen (secondary N) is 1. The molecule has 3 nitrogen and oxygen atoms in total. The minimum Gasteiger partial charge on any atom is -0.491 e. The molecule has 0 radical (unpaired) electrons. The average molecular weight is 298 g/mol. The normalized spacial score (nSPS) is 23.8. The molecule has 2 N–H and O–H groups in total. The quantitative estimate of drug-likeness (QED) is 0.812. The van der Waals surface area contributed by atoms with Crippen molar-refractivity contribution in [1.82, 2.24) is 5.32 Å². The molecule has 0 aliphatic heterocycles. The lowest BCUT2D eigenvalue weighted by Crippen LogP contribution is -2.34. The van der Waals surface area contributed by atoms with E-state index in [1.165, 1.54) is 19.3 Å². The number of aliphatic hydroxyl groups is 1. The summed E-state index contributed by atoms with van der Waals surface area (Å²) in [7, 11) is 0. The Morgan fingerprint density at radius 2 is 2.30 bits per heavy atom. The van der Waals surface area contributed by atoms with Crippen LogP contribution in [0.4, 0.5) is 0 Å². The van der Waals surface area contributed by atoms with Crippen molar-refractivity contribution in [3.05, 3.63) is 29.3 Å². The summed E-state index contributed by atoms with van der Waals surface area (Å²) in [6, 6.07) is 7.23. The predicted octanol–water partition coefficient (Wildman–Crippen LogP) is 3.11. The zero-order chi connectivity index (χ0) is 14.4. The van der Waals surface area contributed by atoms with Crippen LogP contribution in [0.3, 0.4) is 0 Å². The topological polar surface area (TPSA) is 41.5 Å². The lowest BCUT2D eigenvalue weighted by molar-refractivity contribution is 0.105. The highest BCUT2D eigenvalue weighted by atomic mass is 35.5. The zero-order valence-corrected chi connectivity index (χ0v) is 12.8. The second-order valence-electron chi connectivity index (χ2n) is 5.75. The lowest BCUT2D eigenvalue weighted by Gasteiger charge is -2.18. The van der Waals surface area contributed by atoms with E-state index >= 15 is 0 Å². The Morgan fingerprint density at radius 3 is 3.00 bits per heavy atom. The Hall–Kier alpha value is -0.770. The van der Waals surface area contributed by atoms with Crippen molar-refractivity contribution in [2.45, 2.75) is 32.3 Å². The summed E-state index contributed by atoms with van der Waals surface area (Å²) in [5.41, 5.74) is 0. The van der Waals surface area contributed by atoms with Crippen molar-refractivity contribution in [1.29, 1.82) is 0 Å². The molecule has 1 saturated carbocycles. The fourth-order valence-corrected chi connectivity index (χ4v) is 2.95. The van der Waals surface area contributed by atoms with Gasteiger partial charge in [-0.2, -0.15) is 0 Å². The van der Waals surface area contributed by atoms with Crippen LogP contribution in [0.5, 0.6) is 5.75 Å². The highest BCUT2D eigenvalue weighted by Gasteiger charge is 2.22. The van der Waals surface area contributed by atoms with E-state index < -0.39 is 6.10 Å². The van der Waals surface area contributed by atoms with Gasteiger partial charge >= 0.3 is 0 Å². The first kappa shape index (κ1) is 15.6. The summed E-state index contributed by atoms with van der Waals surface area (Å²) in [5.74, 6) is 2.26. The molecule has 0 saturated heterocycles. The molecular formula is C16H24ClNO2. The van der Waals surface area contributed by atoms with E-state index in [1.54, 1.807) is 12.1 Å². The smallest absolute Gasteiger partial charge is 0.120 e. The fourth-order valence-electron chi connectivity index (χ4n) is 2.77. The van der Waals surface area contributed by atoms with Gasteiger partial charge in [-0.1, -0.05) is 37.4 Å². The number of benzene rings is 1. The van der Waals surface area contributed by atoms with Gasteiger partial charge in [0.1, 0.15) is 18.5 Å². The van der Waals surface area contributed by atoms with E-state index in [4.69, 9.17) is 16.3 Å². The lowest BCUT2D eigenvalue weighted by atomic mass is 9.98. The maximum atomic E-state index is 9.90. The third-order valence-electron chi connectivity index (χ3n) is 4.06. The molecule has 0 heterocycles. The zero-order valence-electron chi connectivity index (χ0n) is 12.0. The molecule has 3 atom stereocenters. The predicted molar refractivity (Wildman–Crippen MR) is 82.3 cm³/mol. The third-order valence-corrected chi connectivity index (χ3v) is 4.30. The van der Waals surface area contributed by atoms with Crippen LogP contribution in [0, 0.1) is 11.8 Å². The number of hydrogen-bond donors (Lipinski definition) is 2. The molecule has 20 heavy (non-hydrogen) atoms. The Labute approximate surface area is 126 Å². The van der Waals surface area contributed by atoms with Gasteiger partial charge in [0, 0.05) is 11.6 Å². The number of aliphatic hydroxyl groups excluding tert-OH is 1. The fraction of sp³-hybridized carbons (Fsp3) is 0.625. The van der Waals surface area contributed by atoms with E-state index in [0.29, 0.717) is 17.3 Å². The van der Waals surface area contributed by atoms with Gasteiger partial charge in [0.05, 0.1) is 0 Å². The molecule has 3 unspecified atom stereocenters. The summed E-state index contributed by atoms with van der Waals surface area (Å²) in [6.45, 7) is 4.17. The Morgan fingerprint density at radius 1 is 1.45 bits per heavy atom. The summed E-state index contributed by atoms with van der Waals surface area (Å²) in [6.07, 6.45) is 3.50. The largest absolute Gasteiger partial charge is 0.491 e. The van der Waals surface area contributed by atoms with Crippen LogP contribution in [0.15, 0.2) is 24.3 Å². The maximum absolute atomic E-state index is 9.90. The summed E-state index contributed by atoms with van der Waals surface area (Å²) in [5, 5.41) is 13.9. The standard InChI is InChI=1S/C16H24ClNO2/c1-12-4-2-5-13(12)9-18-10-15(19)11-20-16-7-3-6-14(17)8-16/h3,6-8,12-13,15,18-19H,2,4-5,9-11H2,1H3. The number of halogens is 1. The first-order valence-corrected chi connectivity index (χ1v) is 7.80. The Balaban J connectivity index is 1.61. The molecule has 112 valence electrons. The highest BCUT2D eigenvalue weighted by molar-refractivity contribution is 6.30. The van der Waals surface area contributed by atoms with Gasteiger partial charge in [0.2, 0.25) is 0 Å². The minimum atomic E-state index is -0.495. The minimum absolute atomic E-state index is 0.285. The molecule has 1 aliphatic rings. The van der Waals surface area contributed by atoms with Gasteiger partial charge < -0.3 is 15.2 Å². The van der Waals surface area contributed by atoms with Gasteiger partial charge in [-0.15, -0.1) is 0 Å². The van der Waals surface area contributed by atoms with Crippen LogP contribution < -0.4 is 10.1 Å². The molecule has 0 amide bonds. The van der Waals surface area contributed by atoms with Crippen molar-refractivity contribution in [2.75, 3.05) is 19.7 Å². The molecule has 0 aromatic heterocycles. The molecule has 1 aliphatic carbocycles. The van der Waals surface area contributed by atoms with Crippen LogP contribution in [0.2, 0.25) is 5.02 Å². The number of rotatable bonds is 7. The van der Waals surface area contributed by atoms with Crippen molar-refractivity contribution in [3.63, 3.8) is 0 Å². The first-order valence-electron chi connectivity index (χ1n) is 7.42. The molecule has 0 bridgehead atoms. The Bertz CT molecular complexity index is 413. The molecule has 1 aromatic rings. The second-order valence-corrected chi connectivity index (χ2v) is 6.19. The van der Waals surface area contributed by atoms with Gasteiger partial charge in [-0.3, -0.25) is 0 Å². The molecule has 1 fully saturated rings. The molecular weight excluding hydrogens is 274 g/mol. The summed E-state index contributed by atoms with van der Waals surface area (Å²) < 4.78 is 5.52. The van der Waals surface area contributed by atoms with E-state index in [9.17, 15) is 5.11 Å². The maximum Gasteiger partial charge on any atom is 0.120 e. The molecule has 1 aromatic carbocycles. The SMILES string of the molecule is CC1CCCC1CNCC(O)COc1cccc(Cl)c1. The van der Waals surface area contributed by atoms with Crippen molar-refractivity contribution in [2.24, 2.45) is 11.8 Å². The van der Waals surface area contributed by atoms with Crippen LogP contribution in [0.1, 0.15) is 26.2 Å². The van der Waals surface area contributed by atoms with E-state index in [2.05, 4.69) is 12.2 Å². The molecule has 0 spiro atoms. The summed E-state index contributed by atoms with van der Waals surface area (Å²) in [4.78, 5) is 0.